The quantitative estimate of drug-likeness (QED) is 0.505. The van der Waals surface area contributed by atoms with Crippen molar-refractivity contribution in [2.24, 2.45) is 11.8 Å². The van der Waals surface area contributed by atoms with Gasteiger partial charge < -0.3 is 0 Å². The molecule has 1 aromatic rings. The molecule has 0 bridgehead atoms. The Hall–Kier alpha value is -2.68. The Bertz CT molecular complexity index is 1000. The first kappa shape index (κ1) is 29.3. The van der Waals surface area contributed by atoms with Gasteiger partial charge >= 0.3 is 0 Å². The van der Waals surface area contributed by atoms with Crippen molar-refractivity contribution in [3.63, 3.8) is 0 Å². The molecule has 0 amide bonds. The number of allylic oxidation sites excluding steroid dienone is 8. The van der Waals surface area contributed by atoms with Gasteiger partial charge in [0.15, 0.2) is 0 Å². The molecule has 1 heterocycles. The summed E-state index contributed by atoms with van der Waals surface area (Å²) in [6.07, 6.45) is 18.7. The van der Waals surface area contributed by atoms with Gasteiger partial charge in [-0.2, -0.15) is 0 Å². The third kappa shape index (κ3) is 7.47. The minimum absolute atomic E-state index is 0.0235. The zero-order valence-electron chi connectivity index (χ0n) is 21.6. The molecule has 2 atom stereocenters. The van der Waals surface area contributed by atoms with Gasteiger partial charge in [0.2, 0.25) is 0 Å². The van der Waals surface area contributed by atoms with Crippen LogP contribution in [-0.2, 0) is 0 Å². The van der Waals surface area contributed by atoms with Crippen molar-refractivity contribution >= 4 is 23.4 Å². The van der Waals surface area contributed by atoms with Gasteiger partial charge in [0.25, 0.3) is 5.56 Å². The fraction of sp³-hybridized carbons (Fsp3) is 0.448. The zero-order chi connectivity index (χ0) is 24.7. The normalized spacial score (nSPS) is 18.4. The lowest BCUT2D eigenvalue weighted by Gasteiger charge is -2.20. The van der Waals surface area contributed by atoms with Gasteiger partial charge in [-0.1, -0.05) is 118 Å². The Kier molecular flexibility index (Phi) is 14.7. The van der Waals surface area contributed by atoms with E-state index in [1.54, 1.807) is 16.7 Å². The molecule has 176 valence electrons. The summed E-state index contributed by atoms with van der Waals surface area (Å²) in [5, 5.41) is 1.45. The van der Waals surface area contributed by atoms with Crippen LogP contribution in [0, 0.1) is 11.8 Å². The summed E-state index contributed by atoms with van der Waals surface area (Å²) in [4.78, 5) is 18.2. The number of aromatic nitrogens is 2. The Morgan fingerprint density at radius 3 is 2.19 bits per heavy atom. The van der Waals surface area contributed by atoms with E-state index in [0.29, 0.717) is 22.9 Å². The zero-order valence-corrected chi connectivity index (χ0v) is 21.6. The largest absolute Gasteiger partial charge is 0.268 e. The Morgan fingerprint density at radius 2 is 1.69 bits per heavy atom. The van der Waals surface area contributed by atoms with Crippen LogP contribution in [0.3, 0.4) is 0 Å². The molecule has 0 aliphatic heterocycles. The van der Waals surface area contributed by atoms with E-state index in [0.717, 1.165) is 29.5 Å². The van der Waals surface area contributed by atoms with E-state index in [2.05, 4.69) is 59.1 Å². The summed E-state index contributed by atoms with van der Waals surface area (Å²) in [5.74, 6) is 1.29. The highest BCUT2D eigenvalue weighted by Gasteiger charge is 2.18. The topological polar surface area (TPSA) is 34.9 Å². The minimum Gasteiger partial charge on any atom is -0.268 e. The van der Waals surface area contributed by atoms with Crippen molar-refractivity contribution in [2.75, 3.05) is 0 Å². The predicted octanol–water partition coefficient (Wildman–Crippen LogP) is 6.51. The van der Waals surface area contributed by atoms with Crippen molar-refractivity contribution in [1.82, 2.24) is 9.55 Å². The highest BCUT2D eigenvalue weighted by molar-refractivity contribution is 5.74. The average molecular weight is 437 g/mol. The maximum atomic E-state index is 13.3. The van der Waals surface area contributed by atoms with Crippen LogP contribution in [0.5, 0.6) is 0 Å². The van der Waals surface area contributed by atoms with Crippen LogP contribution in [0.4, 0.5) is 0 Å². The second-order valence-electron chi connectivity index (χ2n) is 7.30. The number of rotatable bonds is 4. The summed E-state index contributed by atoms with van der Waals surface area (Å²) in [7, 11) is 0. The van der Waals surface area contributed by atoms with Gasteiger partial charge in [-0.15, -0.1) is 0 Å². The van der Waals surface area contributed by atoms with Crippen LogP contribution in [-0.4, -0.2) is 9.55 Å². The summed E-state index contributed by atoms with van der Waals surface area (Å²) in [6.45, 7) is 24.2. The number of hydrogen-bond acceptors (Lipinski definition) is 2. The summed E-state index contributed by atoms with van der Waals surface area (Å²) in [6, 6.07) is 0. The van der Waals surface area contributed by atoms with Gasteiger partial charge in [-0.05, 0) is 30.8 Å². The molecule has 32 heavy (non-hydrogen) atoms. The Morgan fingerprint density at radius 1 is 1.09 bits per heavy atom. The molecule has 3 rings (SSSR count). The van der Waals surface area contributed by atoms with Crippen LogP contribution in [0.25, 0.3) is 23.4 Å². The molecular weight excluding hydrogens is 392 g/mol. The molecule has 0 saturated carbocycles. The van der Waals surface area contributed by atoms with E-state index in [-0.39, 0.29) is 5.56 Å². The number of fused-ring (bicyclic) bond motifs is 1. The van der Waals surface area contributed by atoms with Crippen LogP contribution >= 0.6 is 0 Å². The first-order chi connectivity index (χ1) is 15.5. The van der Waals surface area contributed by atoms with Crippen molar-refractivity contribution in [1.29, 1.82) is 0 Å². The summed E-state index contributed by atoms with van der Waals surface area (Å²) < 4.78 is 1.71. The SMILES string of the molecule is C=C/C=C(\C=C)c1nc2c(c(=O)n1C1=CCCC=C1)=CC(C)C(C)C=2.CC.CC.CCC. The molecule has 0 radical (unpaired) electrons. The molecule has 0 spiro atoms. The second kappa shape index (κ2) is 16.0. The Labute approximate surface area is 196 Å². The number of hydrogen-bond donors (Lipinski definition) is 0. The summed E-state index contributed by atoms with van der Waals surface area (Å²) >= 11 is 0. The van der Waals surface area contributed by atoms with E-state index in [1.807, 2.05) is 45.9 Å². The van der Waals surface area contributed by atoms with E-state index >= 15 is 0 Å². The maximum absolute atomic E-state index is 13.3. The molecule has 2 aliphatic carbocycles. The van der Waals surface area contributed by atoms with E-state index < -0.39 is 0 Å². The first-order valence-corrected chi connectivity index (χ1v) is 12.2. The fourth-order valence-electron chi connectivity index (χ4n) is 3.21. The molecule has 2 unspecified atom stereocenters. The molecule has 3 nitrogen and oxygen atoms in total. The molecule has 1 aromatic heterocycles. The van der Waals surface area contributed by atoms with Crippen LogP contribution in [0.2, 0.25) is 0 Å². The third-order valence-corrected chi connectivity index (χ3v) is 4.84. The molecule has 2 aliphatic rings. The van der Waals surface area contributed by atoms with E-state index in [4.69, 9.17) is 4.98 Å². The number of nitrogens with zero attached hydrogens (tertiary/aromatic N) is 2. The monoisotopic (exact) mass is 436 g/mol. The van der Waals surface area contributed by atoms with Crippen LogP contribution < -0.4 is 16.1 Å². The van der Waals surface area contributed by atoms with Crippen LogP contribution in [0.1, 0.15) is 80.5 Å². The highest BCUT2D eigenvalue weighted by Crippen LogP contribution is 2.20. The predicted molar refractivity (Wildman–Crippen MR) is 145 cm³/mol. The maximum Gasteiger partial charge on any atom is 0.265 e. The van der Waals surface area contributed by atoms with E-state index in [1.165, 1.54) is 6.42 Å². The minimum atomic E-state index is -0.0235. The van der Waals surface area contributed by atoms with E-state index in [9.17, 15) is 4.79 Å². The van der Waals surface area contributed by atoms with Gasteiger partial charge in [-0.25, -0.2) is 4.98 Å². The lowest BCUT2D eigenvalue weighted by molar-refractivity contribution is 0.603. The van der Waals surface area contributed by atoms with Gasteiger partial charge in [0, 0.05) is 11.3 Å². The van der Waals surface area contributed by atoms with Crippen molar-refractivity contribution in [3.8, 4) is 0 Å². The first-order valence-electron chi connectivity index (χ1n) is 12.2. The fourth-order valence-corrected chi connectivity index (χ4v) is 3.21. The highest BCUT2D eigenvalue weighted by atomic mass is 16.1. The molecular formula is C29H44N2O. The van der Waals surface area contributed by atoms with Crippen molar-refractivity contribution in [3.05, 3.63) is 76.4 Å². The summed E-state index contributed by atoms with van der Waals surface area (Å²) in [5.41, 5.74) is 1.64. The smallest absolute Gasteiger partial charge is 0.265 e. The second-order valence-corrected chi connectivity index (χ2v) is 7.30. The molecule has 0 N–H and O–H groups in total. The van der Waals surface area contributed by atoms with Gasteiger partial charge in [-0.3, -0.25) is 9.36 Å². The lowest BCUT2D eigenvalue weighted by atomic mass is 9.91. The molecule has 3 heteroatoms. The third-order valence-electron chi connectivity index (χ3n) is 4.84. The Balaban J connectivity index is 0.00000124. The van der Waals surface area contributed by atoms with Gasteiger partial charge in [0.1, 0.15) is 5.82 Å². The molecule has 0 saturated heterocycles. The van der Waals surface area contributed by atoms with Gasteiger partial charge in [0.05, 0.1) is 10.6 Å². The molecule has 0 fully saturated rings. The molecule has 0 aromatic carbocycles. The lowest BCUT2D eigenvalue weighted by Crippen LogP contribution is -2.50. The van der Waals surface area contributed by atoms with Crippen molar-refractivity contribution in [2.45, 2.75) is 74.7 Å². The van der Waals surface area contributed by atoms with Crippen molar-refractivity contribution < 1.29 is 0 Å². The van der Waals surface area contributed by atoms with Crippen LogP contribution in [0.15, 0.2) is 54.4 Å². The standard InChI is InChI=1S/C22H24N2O.C3H8.2C2H6/c1-5-10-17(6-2)21-23-20-14-16(4)15(3)13-19(20)22(25)24(21)18-11-8-7-9-12-18;1-3-2;2*1-2/h5-6,8,10-16H,1-2,7,9H2,3-4H3;3H2,1-2H3;2*1-2H3/b17-10+;;;. The average Bonchev–Trinajstić information content (AvgIpc) is 2.82.